The Morgan fingerprint density at radius 1 is 1.10 bits per heavy atom. The van der Waals surface area contributed by atoms with E-state index in [0.717, 1.165) is 31.2 Å². The summed E-state index contributed by atoms with van der Waals surface area (Å²) in [6.45, 7) is 4.84. The molecule has 0 amide bonds. The van der Waals surface area contributed by atoms with Crippen molar-refractivity contribution in [3.63, 3.8) is 0 Å². The lowest BCUT2D eigenvalue weighted by atomic mass is 9.93. The molecular weight excluding hydrogens is 368 g/mol. The molecule has 1 heterocycles. The number of methoxy groups -OCH3 is 1. The van der Waals surface area contributed by atoms with Crippen LogP contribution in [0.15, 0.2) is 29.3 Å². The number of amidine groups is 1. The van der Waals surface area contributed by atoms with Gasteiger partial charge in [-0.15, -0.1) is 0 Å². The molecule has 3 unspecified atom stereocenters. The summed E-state index contributed by atoms with van der Waals surface area (Å²) >= 11 is 0. The van der Waals surface area contributed by atoms with Crippen molar-refractivity contribution in [1.29, 1.82) is 10.5 Å². The van der Waals surface area contributed by atoms with Crippen molar-refractivity contribution in [2.45, 2.75) is 51.4 Å². The van der Waals surface area contributed by atoms with Crippen molar-refractivity contribution < 1.29 is 14.2 Å². The number of benzene rings is 1. The van der Waals surface area contributed by atoms with Gasteiger partial charge in [-0.1, -0.05) is 38.8 Å². The summed E-state index contributed by atoms with van der Waals surface area (Å²) < 4.78 is 17.6. The minimum Gasteiger partial charge on any atom is -0.497 e. The Morgan fingerprint density at radius 2 is 1.76 bits per heavy atom. The van der Waals surface area contributed by atoms with Crippen LogP contribution < -0.4 is 10.5 Å². The second kappa shape index (κ2) is 8.02. The molecule has 2 N–H and O–H groups in total. The number of hydrogen-bond acceptors (Lipinski definition) is 7. The van der Waals surface area contributed by atoms with Gasteiger partial charge in [0.05, 0.1) is 32.5 Å². The largest absolute Gasteiger partial charge is 0.497 e. The molecule has 1 aromatic carbocycles. The summed E-state index contributed by atoms with van der Waals surface area (Å²) in [7, 11) is 1.58. The van der Waals surface area contributed by atoms with Crippen LogP contribution in [0, 0.1) is 33.5 Å². The Hall–Kier alpha value is -2.61. The molecule has 0 saturated heterocycles. The van der Waals surface area contributed by atoms with E-state index >= 15 is 0 Å². The molecule has 1 aliphatic heterocycles. The molecule has 0 bridgehead atoms. The predicted octanol–water partition coefficient (Wildman–Crippen LogP) is 3.47. The quantitative estimate of drug-likeness (QED) is 0.478. The average Bonchev–Trinajstić information content (AvgIpc) is 3.33. The molecule has 154 valence electrons. The summed E-state index contributed by atoms with van der Waals surface area (Å²) in [5.74, 6) is -1.35. The van der Waals surface area contributed by atoms with E-state index in [1.807, 2.05) is 24.3 Å². The first kappa shape index (κ1) is 21.1. The maximum atomic E-state index is 10.4. The Bertz CT molecular complexity index is 862. The van der Waals surface area contributed by atoms with Gasteiger partial charge in [-0.3, -0.25) is 0 Å². The standard InChI is InChI=1S/C22H28N4O3/c1-4-6-11-28-22(29-12-7-5-2)21(15-24)18(20(21,14-23)19(25)26-22)16-9-8-10-17(13-16)27-3/h8-10,13,18H,4-7,11-12H2,1-3H3,(H2,25,26). The van der Waals surface area contributed by atoms with Gasteiger partial charge in [-0.2, -0.15) is 10.5 Å². The Balaban J connectivity index is 2.10. The zero-order chi connectivity index (χ0) is 21.1. The Labute approximate surface area is 172 Å². The molecule has 0 aromatic heterocycles. The van der Waals surface area contributed by atoms with E-state index in [0.29, 0.717) is 19.0 Å². The van der Waals surface area contributed by atoms with Crippen LogP contribution in [0.2, 0.25) is 0 Å². The van der Waals surface area contributed by atoms with E-state index in [1.54, 1.807) is 7.11 Å². The second-order valence-corrected chi connectivity index (χ2v) is 7.53. The van der Waals surface area contributed by atoms with E-state index in [2.05, 4.69) is 31.0 Å². The fraction of sp³-hybridized carbons (Fsp3) is 0.591. The monoisotopic (exact) mass is 396 g/mol. The van der Waals surface area contributed by atoms with E-state index in [9.17, 15) is 10.5 Å². The third kappa shape index (κ3) is 2.80. The van der Waals surface area contributed by atoms with Crippen LogP contribution in [0.4, 0.5) is 0 Å². The zero-order valence-electron chi connectivity index (χ0n) is 17.3. The van der Waals surface area contributed by atoms with Gasteiger partial charge in [0.2, 0.25) is 0 Å². The second-order valence-electron chi connectivity index (χ2n) is 7.53. The van der Waals surface area contributed by atoms with Crippen molar-refractivity contribution in [2.75, 3.05) is 20.3 Å². The summed E-state index contributed by atoms with van der Waals surface area (Å²) in [4.78, 5) is 4.47. The van der Waals surface area contributed by atoms with Crippen molar-refractivity contribution >= 4 is 5.84 Å². The molecule has 1 aliphatic carbocycles. The molecule has 1 fully saturated rings. The molecule has 0 radical (unpaired) electrons. The van der Waals surface area contributed by atoms with Gasteiger partial charge in [0.1, 0.15) is 17.0 Å². The first-order valence-corrected chi connectivity index (χ1v) is 10.1. The topological polar surface area (TPSA) is 114 Å². The van der Waals surface area contributed by atoms with E-state index in [4.69, 9.17) is 19.9 Å². The van der Waals surface area contributed by atoms with Gasteiger partial charge in [-0.25, -0.2) is 4.99 Å². The maximum Gasteiger partial charge on any atom is 0.293 e. The molecule has 0 spiro atoms. The highest BCUT2D eigenvalue weighted by molar-refractivity contribution is 6.00. The predicted molar refractivity (Wildman–Crippen MR) is 108 cm³/mol. The SMILES string of the molecule is CCCCOC1(OCCCC)N=C(N)C2(C#N)C(c3cccc(OC)c3)C12C#N. The smallest absolute Gasteiger partial charge is 0.293 e. The number of unbranched alkanes of at least 4 members (excludes halogenated alkanes) is 2. The first-order valence-electron chi connectivity index (χ1n) is 10.1. The van der Waals surface area contributed by atoms with E-state index in [-0.39, 0.29) is 5.84 Å². The molecule has 7 heteroatoms. The van der Waals surface area contributed by atoms with Gasteiger partial charge in [0, 0.05) is 5.92 Å². The Kier molecular flexibility index (Phi) is 5.84. The number of fused-ring (bicyclic) bond motifs is 1. The van der Waals surface area contributed by atoms with E-state index in [1.165, 1.54) is 0 Å². The lowest BCUT2D eigenvalue weighted by molar-refractivity contribution is -0.260. The van der Waals surface area contributed by atoms with Crippen LogP contribution in [0.3, 0.4) is 0 Å². The fourth-order valence-corrected chi connectivity index (χ4v) is 4.39. The fourth-order valence-electron chi connectivity index (χ4n) is 4.39. The Morgan fingerprint density at radius 3 is 2.28 bits per heavy atom. The van der Waals surface area contributed by atoms with Crippen LogP contribution in [0.5, 0.6) is 5.75 Å². The number of rotatable bonds is 10. The van der Waals surface area contributed by atoms with Crippen molar-refractivity contribution in [3.8, 4) is 17.9 Å². The van der Waals surface area contributed by atoms with E-state index < -0.39 is 22.7 Å². The number of aliphatic imine (C=N–C) groups is 1. The number of nitrogens with zero attached hydrogens (tertiary/aromatic N) is 3. The normalized spacial score (nSPS) is 28.7. The average molecular weight is 396 g/mol. The van der Waals surface area contributed by atoms with Crippen LogP contribution in [0.1, 0.15) is 51.0 Å². The molecule has 1 saturated carbocycles. The van der Waals surface area contributed by atoms with Crippen LogP contribution in [-0.4, -0.2) is 32.1 Å². The van der Waals surface area contributed by atoms with Crippen molar-refractivity contribution in [1.82, 2.24) is 0 Å². The highest BCUT2D eigenvalue weighted by atomic mass is 16.7. The molecule has 3 atom stereocenters. The zero-order valence-corrected chi connectivity index (χ0v) is 17.3. The van der Waals surface area contributed by atoms with Crippen LogP contribution >= 0.6 is 0 Å². The van der Waals surface area contributed by atoms with Gasteiger partial charge >= 0.3 is 0 Å². The molecule has 1 aromatic rings. The molecule has 29 heavy (non-hydrogen) atoms. The number of hydrogen-bond donors (Lipinski definition) is 1. The summed E-state index contributed by atoms with van der Waals surface area (Å²) in [6, 6.07) is 12.0. The summed E-state index contributed by atoms with van der Waals surface area (Å²) in [5, 5.41) is 20.5. The van der Waals surface area contributed by atoms with Gasteiger partial charge in [-0.05, 0) is 30.5 Å². The lowest BCUT2D eigenvalue weighted by Gasteiger charge is -2.32. The number of nitrogens with two attached hydrogens (primary N) is 1. The van der Waals surface area contributed by atoms with Gasteiger partial charge < -0.3 is 19.9 Å². The van der Waals surface area contributed by atoms with Gasteiger partial charge in [0.25, 0.3) is 5.91 Å². The van der Waals surface area contributed by atoms with Gasteiger partial charge in [0.15, 0.2) is 5.41 Å². The minimum atomic E-state index is -1.58. The molecular formula is C22H28N4O3. The van der Waals surface area contributed by atoms with Crippen LogP contribution in [0.25, 0.3) is 0 Å². The van der Waals surface area contributed by atoms with Crippen LogP contribution in [-0.2, 0) is 9.47 Å². The third-order valence-electron chi connectivity index (χ3n) is 5.95. The minimum absolute atomic E-state index is 0.0994. The molecule has 7 nitrogen and oxygen atoms in total. The van der Waals surface area contributed by atoms with Crippen molar-refractivity contribution in [2.24, 2.45) is 21.6 Å². The molecule has 3 rings (SSSR count). The highest BCUT2D eigenvalue weighted by Crippen LogP contribution is 2.82. The first-order chi connectivity index (χ1) is 14.0. The maximum absolute atomic E-state index is 10.4. The van der Waals surface area contributed by atoms with Crippen molar-refractivity contribution in [3.05, 3.63) is 29.8 Å². The molecule has 2 aliphatic rings. The number of ether oxygens (including phenoxy) is 3. The third-order valence-corrected chi connectivity index (χ3v) is 5.95. The highest BCUT2D eigenvalue weighted by Gasteiger charge is 2.93. The summed E-state index contributed by atoms with van der Waals surface area (Å²) in [5.41, 5.74) is 4.45. The summed E-state index contributed by atoms with van der Waals surface area (Å²) in [6.07, 6.45) is 3.43. The lowest BCUT2D eigenvalue weighted by Crippen LogP contribution is -2.44. The number of nitriles is 2.